The second-order valence-electron chi connectivity index (χ2n) is 4.13. The number of aromatic nitrogens is 2. The SMILES string of the molecule is Nc1ccc(Oc2cnc3cc(F)ccc3n2)c(Cl)c1. The third kappa shape index (κ3) is 2.48. The summed E-state index contributed by atoms with van der Waals surface area (Å²) in [6.45, 7) is 0. The van der Waals surface area contributed by atoms with Gasteiger partial charge >= 0.3 is 0 Å². The van der Waals surface area contributed by atoms with Gasteiger partial charge in [0, 0.05) is 11.8 Å². The molecule has 0 saturated carbocycles. The van der Waals surface area contributed by atoms with Crippen molar-refractivity contribution in [3.63, 3.8) is 0 Å². The Morgan fingerprint density at radius 3 is 2.75 bits per heavy atom. The van der Waals surface area contributed by atoms with Crippen LogP contribution in [-0.2, 0) is 0 Å². The molecule has 100 valence electrons. The number of fused-ring (bicyclic) bond motifs is 1. The molecule has 20 heavy (non-hydrogen) atoms. The lowest BCUT2D eigenvalue weighted by atomic mass is 10.3. The van der Waals surface area contributed by atoms with E-state index in [1.165, 1.54) is 24.4 Å². The van der Waals surface area contributed by atoms with Crippen molar-refractivity contribution in [3.8, 4) is 11.6 Å². The highest BCUT2D eigenvalue weighted by Crippen LogP contribution is 2.30. The number of halogens is 2. The third-order valence-corrected chi connectivity index (χ3v) is 2.95. The Balaban J connectivity index is 1.96. The molecule has 2 N–H and O–H groups in total. The molecule has 3 rings (SSSR count). The molecule has 0 aliphatic heterocycles. The molecule has 0 aliphatic rings. The van der Waals surface area contributed by atoms with E-state index in [1.54, 1.807) is 18.2 Å². The summed E-state index contributed by atoms with van der Waals surface area (Å²) in [5.41, 5.74) is 7.15. The van der Waals surface area contributed by atoms with E-state index in [4.69, 9.17) is 22.1 Å². The van der Waals surface area contributed by atoms with Gasteiger partial charge in [-0.2, -0.15) is 0 Å². The molecule has 0 saturated heterocycles. The van der Waals surface area contributed by atoms with Crippen LogP contribution in [0.5, 0.6) is 11.6 Å². The van der Waals surface area contributed by atoms with Gasteiger partial charge in [-0.25, -0.2) is 14.4 Å². The van der Waals surface area contributed by atoms with Crippen molar-refractivity contribution in [2.75, 3.05) is 5.73 Å². The average Bonchev–Trinajstić information content (AvgIpc) is 2.42. The summed E-state index contributed by atoms with van der Waals surface area (Å²) >= 11 is 6.02. The van der Waals surface area contributed by atoms with Crippen LogP contribution < -0.4 is 10.5 Å². The Bertz CT molecular complexity index is 794. The lowest BCUT2D eigenvalue weighted by Crippen LogP contribution is -1.93. The van der Waals surface area contributed by atoms with Gasteiger partial charge in [0.2, 0.25) is 5.88 Å². The molecule has 0 radical (unpaired) electrons. The molecule has 0 atom stereocenters. The highest BCUT2D eigenvalue weighted by molar-refractivity contribution is 6.32. The maximum Gasteiger partial charge on any atom is 0.238 e. The van der Waals surface area contributed by atoms with Crippen LogP contribution in [0.4, 0.5) is 10.1 Å². The molecule has 1 heterocycles. The number of rotatable bonds is 2. The molecular weight excluding hydrogens is 281 g/mol. The molecule has 0 spiro atoms. The van der Waals surface area contributed by atoms with Crippen molar-refractivity contribution in [2.45, 2.75) is 0 Å². The second-order valence-corrected chi connectivity index (χ2v) is 4.54. The molecular formula is C14H9ClFN3O. The van der Waals surface area contributed by atoms with Gasteiger partial charge in [-0.15, -0.1) is 0 Å². The molecule has 0 unspecified atom stereocenters. The summed E-state index contributed by atoms with van der Waals surface area (Å²) in [4.78, 5) is 8.32. The maximum absolute atomic E-state index is 13.0. The molecule has 2 aromatic carbocycles. The first-order valence-electron chi connectivity index (χ1n) is 5.77. The summed E-state index contributed by atoms with van der Waals surface area (Å²) < 4.78 is 18.6. The fourth-order valence-corrected chi connectivity index (χ4v) is 1.96. The molecule has 0 fully saturated rings. The Morgan fingerprint density at radius 2 is 1.95 bits per heavy atom. The first-order valence-corrected chi connectivity index (χ1v) is 6.15. The Hall–Kier alpha value is -2.40. The highest BCUT2D eigenvalue weighted by Gasteiger charge is 2.06. The first-order chi connectivity index (χ1) is 9.61. The van der Waals surface area contributed by atoms with Crippen LogP contribution in [-0.4, -0.2) is 9.97 Å². The summed E-state index contributed by atoms with van der Waals surface area (Å²) in [5.74, 6) is 0.342. The Labute approximate surface area is 119 Å². The zero-order valence-corrected chi connectivity index (χ0v) is 10.9. The topological polar surface area (TPSA) is 61.0 Å². The fraction of sp³-hybridized carbons (Fsp3) is 0. The predicted octanol–water partition coefficient (Wildman–Crippen LogP) is 3.80. The molecule has 1 aromatic heterocycles. The normalized spacial score (nSPS) is 10.7. The quantitative estimate of drug-likeness (QED) is 0.729. The van der Waals surface area contributed by atoms with Gasteiger partial charge in [0.1, 0.15) is 11.6 Å². The third-order valence-electron chi connectivity index (χ3n) is 2.65. The Kier molecular flexibility index (Phi) is 3.12. The van der Waals surface area contributed by atoms with Crippen LogP contribution >= 0.6 is 11.6 Å². The smallest absolute Gasteiger partial charge is 0.238 e. The summed E-state index contributed by atoms with van der Waals surface area (Å²) in [5, 5.41) is 0.381. The number of benzene rings is 2. The Morgan fingerprint density at radius 1 is 1.10 bits per heavy atom. The van der Waals surface area contributed by atoms with Crippen molar-refractivity contribution in [1.82, 2.24) is 9.97 Å². The van der Waals surface area contributed by atoms with Gasteiger partial charge in [-0.1, -0.05) is 11.6 Å². The second kappa shape index (κ2) is 4.94. The number of hydrogen-bond donors (Lipinski definition) is 1. The first kappa shape index (κ1) is 12.6. The summed E-state index contributed by atoms with van der Waals surface area (Å²) in [7, 11) is 0. The van der Waals surface area contributed by atoms with Crippen LogP contribution in [0.2, 0.25) is 5.02 Å². The number of hydrogen-bond acceptors (Lipinski definition) is 4. The predicted molar refractivity (Wildman–Crippen MR) is 75.4 cm³/mol. The average molecular weight is 290 g/mol. The van der Waals surface area contributed by atoms with Crippen LogP contribution in [0, 0.1) is 5.82 Å². The monoisotopic (exact) mass is 289 g/mol. The maximum atomic E-state index is 13.0. The number of nitrogens with zero attached hydrogens (tertiary/aromatic N) is 2. The van der Waals surface area contributed by atoms with Crippen LogP contribution in [0.1, 0.15) is 0 Å². The molecule has 0 aliphatic carbocycles. The van der Waals surface area contributed by atoms with E-state index in [0.29, 0.717) is 27.5 Å². The number of anilines is 1. The van der Waals surface area contributed by atoms with E-state index >= 15 is 0 Å². The van der Waals surface area contributed by atoms with Gasteiger partial charge in [0.25, 0.3) is 0 Å². The van der Waals surface area contributed by atoms with Crippen molar-refractivity contribution in [2.24, 2.45) is 0 Å². The molecule has 0 bridgehead atoms. The largest absolute Gasteiger partial charge is 0.436 e. The van der Waals surface area contributed by atoms with Crippen molar-refractivity contribution in [3.05, 3.63) is 53.4 Å². The highest BCUT2D eigenvalue weighted by atomic mass is 35.5. The molecule has 0 amide bonds. The standard InChI is InChI=1S/C14H9ClFN3O/c15-10-6-9(17)2-4-13(10)20-14-7-18-12-5-8(16)1-3-11(12)19-14/h1-7H,17H2. The van der Waals surface area contributed by atoms with Gasteiger partial charge in [0.15, 0.2) is 0 Å². The van der Waals surface area contributed by atoms with E-state index in [-0.39, 0.29) is 11.7 Å². The van der Waals surface area contributed by atoms with Crippen LogP contribution in [0.15, 0.2) is 42.6 Å². The molecule has 4 nitrogen and oxygen atoms in total. The van der Waals surface area contributed by atoms with E-state index < -0.39 is 0 Å². The lowest BCUT2D eigenvalue weighted by molar-refractivity contribution is 0.463. The summed E-state index contributed by atoms with van der Waals surface area (Å²) in [6.07, 6.45) is 1.41. The van der Waals surface area contributed by atoms with Gasteiger partial charge in [0.05, 0.1) is 22.3 Å². The number of nitrogens with two attached hydrogens (primary N) is 1. The number of ether oxygens (including phenoxy) is 1. The van der Waals surface area contributed by atoms with E-state index in [2.05, 4.69) is 9.97 Å². The lowest BCUT2D eigenvalue weighted by Gasteiger charge is -2.07. The minimum atomic E-state index is -0.359. The fourth-order valence-electron chi connectivity index (χ4n) is 1.73. The summed E-state index contributed by atoms with van der Waals surface area (Å²) in [6, 6.07) is 9.06. The van der Waals surface area contributed by atoms with E-state index in [1.807, 2.05) is 0 Å². The minimum Gasteiger partial charge on any atom is -0.436 e. The molecule has 6 heteroatoms. The van der Waals surface area contributed by atoms with Gasteiger partial charge < -0.3 is 10.5 Å². The van der Waals surface area contributed by atoms with Crippen molar-refractivity contribution in [1.29, 1.82) is 0 Å². The van der Waals surface area contributed by atoms with Gasteiger partial charge in [-0.05, 0) is 30.3 Å². The van der Waals surface area contributed by atoms with Crippen molar-refractivity contribution < 1.29 is 9.13 Å². The van der Waals surface area contributed by atoms with E-state index in [9.17, 15) is 4.39 Å². The minimum absolute atomic E-state index is 0.274. The van der Waals surface area contributed by atoms with Crippen molar-refractivity contribution >= 4 is 28.3 Å². The molecule has 3 aromatic rings. The van der Waals surface area contributed by atoms with Crippen LogP contribution in [0.3, 0.4) is 0 Å². The van der Waals surface area contributed by atoms with Gasteiger partial charge in [-0.3, -0.25) is 0 Å². The van der Waals surface area contributed by atoms with Crippen LogP contribution in [0.25, 0.3) is 11.0 Å². The number of nitrogen functional groups attached to an aromatic ring is 1. The van der Waals surface area contributed by atoms with E-state index in [0.717, 1.165) is 0 Å². The zero-order valence-electron chi connectivity index (χ0n) is 10.2. The zero-order chi connectivity index (χ0) is 14.1.